The molecule has 0 aliphatic heterocycles. The summed E-state index contributed by atoms with van der Waals surface area (Å²) in [4.78, 5) is 12.5. The molecule has 1 aromatic heterocycles. The maximum absolute atomic E-state index is 12.5. The Bertz CT molecular complexity index is 857. The number of aryl methyl sites for hydroxylation is 1. The Morgan fingerprint density at radius 2 is 1.73 bits per heavy atom. The predicted octanol–water partition coefficient (Wildman–Crippen LogP) is 4.21. The van der Waals surface area contributed by atoms with Crippen LogP contribution >= 0.6 is 0 Å². The molecule has 0 spiro atoms. The number of anilines is 1. The number of aromatic nitrogens is 1. The summed E-state index contributed by atoms with van der Waals surface area (Å²) in [5, 5.41) is 6.69. The van der Waals surface area contributed by atoms with Crippen molar-refractivity contribution in [2.45, 2.75) is 20.5 Å². The Hall–Kier alpha value is -3.28. The molecule has 0 saturated carbocycles. The van der Waals surface area contributed by atoms with Gasteiger partial charge in [-0.2, -0.15) is 0 Å². The Morgan fingerprint density at radius 3 is 2.42 bits per heavy atom. The molecule has 0 aliphatic rings. The molecule has 0 unspecified atom stereocenters. The fraction of sp³-hybridized carbons (Fsp3) is 0.200. The van der Waals surface area contributed by atoms with Gasteiger partial charge in [0.05, 0.1) is 12.2 Å². The predicted molar refractivity (Wildman–Crippen MR) is 97.6 cm³/mol. The van der Waals surface area contributed by atoms with Crippen molar-refractivity contribution in [3.8, 4) is 11.5 Å². The van der Waals surface area contributed by atoms with E-state index in [9.17, 15) is 4.79 Å². The van der Waals surface area contributed by atoms with E-state index in [0.717, 1.165) is 5.75 Å². The van der Waals surface area contributed by atoms with Crippen LogP contribution in [0, 0.1) is 6.92 Å². The van der Waals surface area contributed by atoms with Gasteiger partial charge in [0.15, 0.2) is 5.69 Å². The van der Waals surface area contributed by atoms with Gasteiger partial charge >= 0.3 is 0 Å². The van der Waals surface area contributed by atoms with Gasteiger partial charge in [-0.25, -0.2) is 0 Å². The molecule has 3 rings (SSSR count). The third kappa shape index (κ3) is 4.22. The largest absolute Gasteiger partial charge is 0.494 e. The summed E-state index contributed by atoms with van der Waals surface area (Å²) in [6, 6.07) is 16.5. The van der Waals surface area contributed by atoms with E-state index in [1.807, 2.05) is 37.3 Å². The summed E-state index contributed by atoms with van der Waals surface area (Å²) in [5.41, 5.74) is 1.48. The molecule has 1 amide bonds. The first-order valence-electron chi connectivity index (χ1n) is 8.34. The highest BCUT2D eigenvalue weighted by molar-refractivity contribution is 6.03. The molecule has 0 radical (unpaired) electrons. The Morgan fingerprint density at radius 1 is 1.04 bits per heavy atom. The van der Waals surface area contributed by atoms with Crippen molar-refractivity contribution in [1.29, 1.82) is 0 Å². The summed E-state index contributed by atoms with van der Waals surface area (Å²) in [5.74, 6) is 1.67. The van der Waals surface area contributed by atoms with E-state index in [4.69, 9.17) is 14.0 Å². The molecule has 134 valence electrons. The van der Waals surface area contributed by atoms with E-state index in [-0.39, 0.29) is 18.2 Å². The quantitative estimate of drug-likeness (QED) is 0.689. The second-order valence-electron chi connectivity index (χ2n) is 5.58. The van der Waals surface area contributed by atoms with E-state index in [2.05, 4.69) is 10.5 Å². The average Bonchev–Trinajstić information content (AvgIpc) is 3.03. The lowest BCUT2D eigenvalue weighted by Gasteiger charge is -2.08. The third-order valence-corrected chi connectivity index (χ3v) is 3.75. The first-order chi connectivity index (χ1) is 12.7. The van der Waals surface area contributed by atoms with Crippen LogP contribution < -0.4 is 14.8 Å². The molecule has 6 heteroatoms. The van der Waals surface area contributed by atoms with Crippen LogP contribution in [0.1, 0.15) is 28.7 Å². The molecule has 2 aromatic carbocycles. The van der Waals surface area contributed by atoms with Crippen LogP contribution in [0.4, 0.5) is 5.69 Å². The lowest BCUT2D eigenvalue weighted by molar-refractivity contribution is 0.101. The zero-order valence-electron chi connectivity index (χ0n) is 14.7. The number of benzene rings is 2. The van der Waals surface area contributed by atoms with Gasteiger partial charge in [0.2, 0.25) is 0 Å². The van der Waals surface area contributed by atoms with Crippen LogP contribution in [0.2, 0.25) is 0 Å². The standard InChI is InChI=1S/C20H20N2O4/c1-3-24-17-11-9-15(10-12-17)21-20(23)19-18(14(2)26-22-19)13-25-16-7-5-4-6-8-16/h4-12H,3,13H2,1-2H3,(H,21,23). The Kier molecular flexibility index (Phi) is 5.53. The zero-order chi connectivity index (χ0) is 18.4. The minimum Gasteiger partial charge on any atom is -0.494 e. The van der Waals surface area contributed by atoms with Crippen molar-refractivity contribution in [2.24, 2.45) is 0 Å². The van der Waals surface area contributed by atoms with Crippen LogP contribution in [0.3, 0.4) is 0 Å². The number of rotatable bonds is 7. The van der Waals surface area contributed by atoms with Crippen LogP contribution in [-0.2, 0) is 6.61 Å². The van der Waals surface area contributed by atoms with Crippen molar-refractivity contribution in [3.63, 3.8) is 0 Å². The van der Waals surface area contributed by atoms with Crippen molar-refractivity contribution < 1.29 is 18.8 Å². The molecule has 26 heavy (non-hydrogen) atoms. The number of nitrogens with one attached hydrogen (secondary N) is 1. The summed E-state index contributed by atoms with van der Waals surface area (Å²) < 4.78 is 16.3. The van der Waals surface area contributed by atoms with Crippen LogP contribution in [-0.4, -0.2) is 17.7 Å². The molecule has 0 saturated heterocycles. The second kappa shape index (κ2) is 8.20. The molecule has 0 bridgehead atoms. The van der Waals surface area contributed by atoms with Gasteiger partial charge in [-0.3, -0.25) is 4.79 Å². The Labute approximate surface area is 151 Å². The molecule has 6 nitrogen and oxygen atoms in total. The monoisotopic (exact) mass is 352 g/mol. The summed E-state index contributed by atoms with van der Waals surface area (Å²) in [6.07, 6.45) is 0. The number of hydrogen-bond acceptors (Lipinski definition) is 5. The zero-order valence-corrected chi connectivity index (χ0v) is 14.7. The van der Waals surface area contributed by atoms with E-state index in [1.54, 1.807) is 31.2 Å². The number of nitrogens with zero attached hydrogens (tertiary/aromatic N) is 1. The maximum atomic E-state index is 12.5. The fourth-order valence-corrected chi connectivity index (χ4v) is 2.40. The van der Waals surface area contributed by atoms with Gasteiger partial charge in [-0.1, -0.05) is 23.4 Å². The number of para-hydroxylation sites is 1. The highest BCUT2D eigenvalue weighted by Crippen LogP contribution is 2.20. The molecule has 3 aromatic rings. The first kappa shape index (κ1) is 17.5. The highest BCUT2D eigenvalue weighted by atomic mass is 16.5. The van der Waals surface area contributed by atoms with E-state index >= 15 is 0 Å². The highest BCUT2D eigenvalue weighted by Gasteiger charge is 2.20. The number of ether oxygens (including phenoxy) is 2. The lowest BCUT2D eigenvalue weighted by Crippen LogP contribution is -2.15. The first-order valence-corrected chi connectivity index (χ1v) is 8.34. The number of carbonyl (C=O) groups is 1. The van der Waals surface area contributed by atoms with E-state index in [1.165, 1.54) is 0 Å². The van der Waals surface area contributed by atoms with Crippen molar-refractivity contribution >= 4 is 11.6 Å². The van der Waals surface area contributed by atoms with Crippen LogP contribution in [0.15, 0.2) is 59.1 Å². The van der Waals surface area contributed by atoms with Crippen LogP contribution in [0.5, 0.6) is 11.5 Å². The molecular weight excluding hydrogens is 332 g/mol. The Balaban J connectivity index is 1.69. The average molecular weight is 352 g/mol. The summed E-state index contributed by atoms with van der Waals surface area (Å²) in [6.45, 7) is 4.46. The summed E-state index contributed by atoms with van der Waals surface area (Å²) in [7, 11) is 0. The smallest absolute Gasteiger partial charge is 0.278 e. The molecule has 0 fully saturated rings. The van der Waals surface area contributed by atoms with Gasteiger partial charge in [-0.05, 0) is 50.2 Å². The van der Waals surface area contributed by atoms with Crippen molar-refractivity contribution in [1.82, 2.24) is 5.16 Å². The van der Waals surface area contributed by atoms with E-state index < -0.39 is 0 Å². The van der Waals surface area contributed by atoms with Gasteiger partial charge in [0.25, 0.3) is 5.91 Å². The molecule has 1 N–H and O–H groups in total. The second-order valence-corrected chi connectivity index (χ2v) is 5.58. The SMILES string of the molecule is CCOc1ccc(NC(=O)c2noc(C)c2COc2ccccc2)cc1. The van der Waals surface area contributed by atoms with Gasteiger partial charge in [-0.15, -0.1) is 0 Å². The van der Waals surface area contributed by atoms with Gasteiger partial charge < -0.3 is 19.3 Å². The van der Waals surface area contributed by atoms with E-state index in [0.29, 0.717) is 29.4 Å². The molecule has 0 atom stereocenters. The van der Waals surface area contributed by atoms with Crippen molar-refractivity contribution in [3.05, 3.63) is 71.6 Å². The molecule has 1 heterocycles. The maximum Gasteiger partial charge on any atom is 0.278 e. The topological polar surface area (TPSA) is 73.6 Å². The van der Waals surface area contributed by atoms with Gasteiger partial charge in [0, 0.05) is 5.69 Å². The minimum absolute atomic E-state index is 0.200. The molecular formula is C20H20N2O4. The third-order valence-electron chi connectivity index (χ3n) is 3.75. The number of amides is 1. The number of hydrogen-bond donors (Lipinski definition) is 1. The van der Waals surface area contributed by atoms with Gasteiger partial charge in [0.1, 0.15) is 23.9 Å². The summed E-state index contributed by atoms with van der Waals surface area (Å²) >= 11 is 0. The lowest BCUT2D eigenvalue weighted by atomic mass is 10.2. The van der Waals surface area contributed by atoms with Crippen LogP contribution in [0.25, 0.3) is 0 Å². The number of carbonyl (C=O) groups excluding carboxylic acids is 1. The van der Waals surface area contributed by atoms with Crippen molar-refractivity contribution in [2.75, 3.05) is 11.9 Å². The fourth-order valence-electron chi connectivity index (χ4n) is 2.40. The normalized spacial score (nSPS) is 10.4. The minimum atomic E-state index is -0.349. The molecule has 0 aliphatic carbocycles.